The van der Waals surface area contributed by atoms with Crippen LogP contribution in [-0.4, -0.2) is 22.9 Å². The molecule has 0 saturated carbocycles. The van der Waals surface area contributed by atoms with Crippen LogP contribution in [0.2, 0.25) is 0 Å². The first kappa shape index (κ1) is 21.8. The minimum atomic E-state index is -0.703. The van der Waals surface area contributed by atoms with E-state index in [1.807, 2.05) is 63.4 Å². The fraction of sp³-hybridized carbons (Fsp3) is 0.231. The fourth-order valence-corrected chi connectivity index (χ4v) is 4.84. The monoisotopic (exact) mass is 447 g/mol. The normalized spacial score (nSPS) is 17.9. The van der Waals surface area contributed by atoms with E-state index in [1.165, 1.54) is 16.2 Å². The Labute approximate surface area is 191 Å². The Morgan fingerprint density at radius 1 is 1.06 bits per heavy atom. The number of carbonyl (C=O) groups excluding carboxylic acids is 2. The number of aliphatic hydroxyl groups is 1. The highest BCUT2D eigenvalue weighted by atomic mass is 32.1. The van der Waals surface area contributed by atoms with Crippen molar-refractivity contribution in [1.29, 1.82) is 0 Å². The molecule has 1 saturated heterocycles. The first-order valence-electron chi connectivity index (χ1n) is 10.5. The number of benzene rings is 2. The van der Waals surface area contributed by atoms with E-state index in [0.29, 0.717) is 17.0 Å². The summed E-state index contributed by atoms with van der Waals surface area (Å²) in [6.07, 6.45) is -0.0337. The lowest BCUT2D eigenvalue weighted by atomic mass is 9.99. The number of anilines is 1. The first-order valence-corrected chi connectivity index (χ1v) is 11.3. The van der Waals surface area contributed by atoms with Crippen molar-refractivity contribution in [2.24, 2.45) is 0 Å². The SMILES string of the molecule is Cc1ccc(N2C(=O)C(=O)/C(=C(\O)c3cccc(OC(C)C)c3)C2c2cccs2)c(C)c1. The molecule has 4 rings (SSSR count). The Bertz CT molecular complexity index is 1210. The number of amides is 1. The third-order valence-corrected chi connectivity index (χ3v) is 6.27. The number of hydrogen-bond donors (Lipinski definition) is 1. The van der Waals surface area contributed by atoms with Crippen molar-refractivity contribution in [3.8, 4) is 5.75 Å². The van der Waals surface area contributed by atoms with Crippen LogP contribution in [-0.2, 0) is 9.59 Å². The molecular formula is C26H25NO4S. The summed E-state index contributed by atoms with van der Waals surface area (Å²) in [7, 11) is 0. The molecule has 3 aromatic rings. The zero-order chi connectivity index (χ0) is 23.0. The maximum atomic E-state index is 13.2. The van der Waals surface area contributed by atoms with Crippen LogP contribution in [0.15, 0.2) is 65.6 Å². The first-order chi connectivity index (χ1) is 15.3. The highest BCUT2D eigenvalue weighted by Gasteiger charge is 2.47. The number of aliphatic hydroxyl groups excluding tert-OH is 1. The molecule has 1 unspecified atom stereocenters. The van der Waals surface area contributed by atoms with E-state index < -0.39 is 17.7 Å². The minimum Gasteiger partial charge on any atom is -0.507 e. The number of aryl methyl sites for hydroxylation is 2. The number of rotatable bonds is 5. The second kappa shape index (κ2) is 8.63. The fourth-order valence-electron chi connectivity index (χ4n) is 4.02. The van der Waals surface area contributed by atoms with Gasteiger partial charge in [-0.3, -0.25) is 14.5 Å². The van der Waals surface area contributed by atoms with Crippen LogP contribution in [0.5, 0.6) is 5.75 Å². The van der Waals surface area contributed by atoms with Crippen LogP contribution in [0.3, 0.4) is 0 Å². The quantitative estimate of drug-likeness (QED) is 0.306. The maximum absolute atomic E-state index is 13.2. The second-order valence-electron chi connectivity index (χ2n) is 8.17. The number of nitrogens with zero attached hydrogens (tertiary/aromatic N) is 1. The zero-order valence-corrected chi connectivity index (χ0v) is 19.3. The summed E-state index contributed by atoms with van der Waals surface area (Å²) < 4.78 is 5.74. The van der Waals surface area contributed by atoms with Gasteiger partial charge < -0.3 is 9.84 Å². The molecule has 1 fully saturated rings. The number of ketones is 1. The predicted octanol–water partition coefficient (Wildman–Crippen LogP) is 5.78. The molecule has 0 radical (unpaired) electrons. The third kappa shape index (κ3) is 3.94. The van der Waals surface area contributed by atoms with Gasteiger partial charge in [-0.05, 0) is 62.9 Å². The Kier molecular flexibility index (Phi) is 5.89. The molecule has 1 aliphatic rings. The van der Waals surface area contributed by atoms with E-state index in [4.69, 9.17) is 4.74 Å². The van der Waals surface area contributed by atoms with Gasteiger partial charge in [0.15, 0.2) is 0 Å². The molecule has 1 atom stereocenters. The summed E-state index contributed by atoms with van der Waals surface area (Å²) in [4.78, 5) is 28.7. The Morgan fingerprint density at radius 3 is 2.50 bits per heavy atom. The number of thiophene rings is 1. The number of ether oxygens (including phenoxy) is 1. The molecule has 0 bridgehead atoms. The predicted molar refractivity (Wildman–Crippen MR) is 127 cm³/mol. The zero-order valence-electron chi connectivity index (χ0n) is 18.5. The van der Waals surface area contributed by atoms with Gasteiger partial charge in [-0.25, -0.2) is 0 Å². The van der Waals surface area contributed by atoms with Crippen LogP contribution in [0.4, 0.5) is 5.69 Å². The molecule has 1 aromatic heterocycles. The Hall–Kier alpha value is -3.38. The molecular weight excluding hydrogens is 422 g/mol. The number of carbonyl (C=O) groups is 2. The van der Waals surface area contributed by atoms with Gasteiger partial charge in [0.25, 0.3) is 11.7 Å². The van der Waals surface area contributed by atoms with Gasteiger partial charge >= 0.3 is 0 Å². The summed E-state index contributed by atoms with van der Waals surface area (Å²) in [5.41, 5.74) is 3.13. The van der Waals surface area contributed by atoms with Gasteiger partial charge in [0.05, 0.1) is 11.7 Å². The molecule has 1 N–H and O–H groups in total. The summed E-state index contributed by atoms with van der Waals surface area (Å²) >= 11 is 1.44. The van der Waals surface area contributed by atoms with E-state index in [1.54, 1.807) is 24.3 Å². The van der Waals surface area contributed by atoms with Crippen molar-refractivity contribution < 1.29 is 19.4 Å². The topological polar surface area (TPSA) is 66.8 Å². The second-order valence-corrected chi connectivity index (χ2v) is 9.15. The lowest BCUT2D eigenvalue weighted by Gasteiger charge is -2.26. The van der Waals surface area contributed by atoms with Gasteiger partial charge in [-0.2, -0.15) is 0 Å². The van der Waals surface area contributed by atoms with Gasteiger partial charge in [0.2, 0.25) is 0 Å². The third-order valence-electron chi connectivity index (χ3n) is 5.35. The standard InChI is InChI=1S/C26H25NO4S/c1-15(2)31-19-8-5-7-18(14-19)24(28)22-23(21-9-6-12-32-21)27(26(30)25(22)29)20-11-10-16(3)13-17(20)4/h5-15,23,28H,1-4H3/b24-22-. The van der Waals surface area contributed by atoms with Crippen LogP contribution < -0.4 is 9.64 Å². The van der Waals surface area contributed by atoms with Crippen LogP contribution >= 0.6 is 11.3 Å². The van der Waals surface area contributed by atoms with Crippen LogP contribution in [0.25, 0.3) is 5.76 Å². The molecule has 2 heterocycles. The molecule has 6 heteroatoms. The van der Waals surface area contributed by atoms with Crippen molar-refractivity contribution in [1.82, 2.24) is 0 Å². The van der Waals surface area contributed by atoms with Gasteiger partial charge in [-0.1, -0.05) is 35.9 Å². The minimum absolute atomic E-state index is 0.0337. The van der Waals surface area contributed by atoms with Gasteiger partial charge in [0, 0.05) is 16.1 Å². The van der Waals surface area contributed by atoms with Crippen molar-refractivity contribution in [2.75, 3.05) is 4.90 Å². The summed E-state index contributed by atoms with van der Waals surface area (Å²) in [6.45, 7) is 7.73. The van der Waals surface area contributed by atoms with Crippen molar-refractivity contribution in [2.45, 2.75) is 39.8 Å². The van der Waals surface area contributed by atoms with E-state index in [0.717, 1.165) is 16.0 Å². The highest BCUT2D eigenvalue weighted by Crippen LogP contribution is 2.44. The smallest absolute Gasteiger partial charge is 0.300 e. The molecule has 2 aromatic carbocycles. The van der Waals surface area contributed by atoms with Crippen molar-refractivity contribution >= 4 is 34.5 Å². The molecule has 0 spiro atoms. The van der Waals surface area contributed by atoms with Crippen molar-refractivity contribution in [3.05, 3.63) is 87.1 Å². The van der Waals surface area contributed by atoms with Crippen LogP contribution in [0, 0.1) is 13.8 Å². The van der Waals surface area contributed by atoms with Crippen LogP contribution in [0.1, 0.15) is 41.5 Å². The average Bonchev–Trinajstić information content (AvgIpc) is 3.35. The molecule has 1 amide bonds. The number of hydrogen-bond acceptors (Lipinski definition) is 5. The largest absolute Gasteiger partial charge is 0.507 e. The Morgan fingerprint density at radius 2 is 1.84 bits per heavy atom. The average molecular weight is 448 g/mol. The lowest BCUT2D eigenvalue weighted by Crippen LogP contribution is -2.29. The van der Waals surface area contributed by atoms with Crippen molar-refractivity contribution in [3.63, 3.8) is 0 Å². The molecule has 32 heavy (non-hydrogen) atoms. The van der Waals surface area contributed by atoms with E-state index in [-0.39, 0.29) is 17.4 Å². The van der Waals surface area contributed by atoms with E-state index in [2.05, 4.69) is 0 Å². The maximum Gasteiger partial charge on any atom is 0.300 e. The van der Waals surface area contributed by atoms with Gasteiger partial charge in [-0.15, -0.1) is 11.3 Å². The summed E-state index contributed by atoms with van der Waals surface area (Å²) in [6, 6.07) is 15.7. The van der Waals surface area contributed by atoms with E-state index in [9.17, 15) is 14.7 Å². The van der Waals surface area contributed by atoms with Gasteiger partial charge in [0.1, 0.15) is 17.6 Å². The van der Waals surface area contributed by atoms with E-state index >= 15 is 0 Å². The highest BCUT2D eigenvalue weighted by molar-refractivity contribution is 7.10. The Balaban J connectivity index is 1.89. The summed E-state index contributed by atoms with van der Waals surface area (Å²) in [5, 5.41) is 13.1. The molecule has 164 valence electrons. The summed E-state index contributed by atoms with van der Waals surface area (Å²) in [5.74, 6) is -0.967. The molecule has 0 aliphatic carbocycles. The molecule has 5 nitrogen and oxygen atoms in total. The lowest BCUT2D eigenvalue weighted by molar-refractivity contribution is -0.132. The number of Topliss-reactive ketones (excluding diaryl/α,β-unsaturated/α-hetero) is 1. The molecule has 1 aliphatic heterocycles.